The first-order chi connectivity index (χ1) is 10.4. The van der Waals surface area contributed by atoms with Crippen molar-refractivity contribution in [1.29, 1.82) is 0 Å². The Balaban J connectivity index is 1.96. The van der Waals surface area contributed by atoms with Crippen molar-refractivity contribution in [2.75, 3.05) is 19.6 Å². The van der Waals surface area contributed by atoms with Crippen LogP contribution in [0.4, 0.5) is 4.39 Å². The molecule has 1 aromatic carbocycles. The van der Waals surface area contributed by atoms with Gasteiger partial charge in [0.25, 0.3) is 0 Å². The number of carbonyl (C=O) groups excluding carboxylic acids is 1. The second-order valence-electron chi connectivity index (χ2n) is 6.74. The predicted octanol–water partition coefficient (Wildman–Crippen LogP) is 3.31. The quantitative estimate of drug-likeness (QED) is 0.874. The van der Waals surface area contributed by atoms with E-state index in [-0.39, 0.29) is 23.2 Å². The van der Waals surface area contributed by atoms with Crippen LogP contribution in [0.15, 0.2) is 24.3 Å². The number of carbonyl (C=O) groups is 1. The predicted molar refractivity (Wildman–Crippen MR) is 87.3 cm³/mol. The third kappa shape index (κ3) is 4.07. The SMILES string of the molecule is CCC(C(=O)NCC(C)(C)N1CCCC1)c1ccc(F)cc1. The molecule has 2 rings (SSSR count). The zero-order valence-electron chi connectivity index (χ0n) is 13.9. The lowest BCUT2D eigenvalue weighted by Gasteiger charge is -2.36. The Bertz CT molecular complexity index is 492. The van der Waals surface area contributed by atoms with E-state index in [1.165, 1.54) is 25.0 Å². The molecule has 1 aliphatic rings. The molecular formula is C18H27FN2O. The van der Waals surface area contributed by atoms with E-state index in [1.807, 2.05) is 6.92 Å². The number of halogens is 1. The molecule has 0 aromatic heterocycles. The summed E-state index contributed by atoms with van der Waals surface area (Å²) in [5, 5.41) is 3.09. The van der Waals surface area contributed by atoms with Crippen LogP contribution < -0.4 is 5.32 Å². The van der Waals surface area contributed by atoms with Gasteiger partial charge < -0.3 is 5.32 Å². The van der Waals surface area contributed by atoms with Gasteiger partial charge in [0, 0.05) is 12.1 Å². The third-order valence-corrected chi connectivity index (χ3v) is 4.65. The Hall–Kier alpha value is -1.42. The maximum Gasteiger partial charge on any atom is 0.227 e. The zero-order valence-corrected chi connectivity index (χ0v) is 13.9. The largest absolute Gasteiger partial charge is 0.354 e. The minimum atomic E-state index is -0.269. The normalized spacial score (nSPS) is 17.5. The first-order valence-electron chi connectivity index (χ1n) is 8.22. The summed E-state index contributed by atoms with van der Waals surface area (Å²) in [6.45, 7) is 9.20. The van der Waals surface area contributed by atoms with Crippen molar-refractivity contribution in [3.63, 3.8) is 0 Å². The maximum atomic E-state index is 13.0. The van der Waals surface area contributed by atoms with Crippen molar-refractivity contribution >= 4 is 5.91 Å². The Morgan fingerprint density at radius 3 is 2.41 bits per heavy atom. The van der Waals surface area contributed by atoms with E-state index in [2.05, 4.69) is 24.1 Å². The van der Waals surface area contributed by atoms with Crippen LogP contribution in [0.2, 0.25) is 0 Å². The lowest BCUT2D eigenvalue weighted by atomic mass is 9.95. The van der Waals surface area contributed by atoms with Gasteiger partial charge in [-0.3, -0.25) is 9.69 Å². The summed E-state index contributed by atoms with van der Waals surface area (Å²) in [5.41, 5.74) is 0.855. The zero-order chi connectivity index (χ0) is 16.2. The molecule has 1 aliphatic heterocycles. The summed E-state index contributed by atoms with van der Waals surface area (Å²) in [7, 11) is 0. The van der Waals surface area contributed by atoms with Crippen molar-refractivity contribution in [2.24, 2.45) is 0 Å². The highest BCUT2D eigenvalue weighted by atomic mass is 19.1. The summed E-state index contributed by atoms with van der Waals surface area (Å²) in [5.74, 6) is -0.453. The van der Waals surface area contributed by atoms with Crippen LogP contribution in [0.1, 0.15) is 51.5 Å². The van der Waals surface area contributed by atoms with Crippen LogP contribution in [0, 0.1) is 5.82 Å². The molecular weight excluding hydrogens is 279 g/mol. The number of benzene rings is 1. The molecule has 0 spiro atoms. The molecule has 1 saturated heterocycles. The van der Waals surface area contributed by atoms with Crippen molar-refractivity contribution in [1.82, 2.24) is 10.2 Å². The molecule has 1 unspecified atom stereocenters. The van der Waals surface area contributed by atoms with Gasteiger partial charge >= 0.3 is 0 Å². The first-order valence-corrected chi connectivity index (χ1v) is 8.22. The van der Waals surface area contributed by atoms with Crippen molar-refractivity contribution in [3.8, 4) is 0 Å². The molecule has 1 fully saturated rings. The van der Waals surface area contributed by atoms with E-state index in [0.717, 1.165) is 18.7 Å². The molecule has 1 atom stereocenters. The van der Waals surface area contributed by atoms with Crippen LogP contribution >= 0.6 is 0 Å². The molecule has 1 N–H and O–H groups in total. The van der Waals surface area contributed by atoms with Crippen LogP contribution in [0.5, 0.6) is 0 Å². The van der Waals surface area contributed by atoms with E-state index in [0.29, 0.717) is 13.0 Å². The Labute approximate surface area is 132 Å². The van der Waals surface area contributed by atoms with Gasteiger partial charge in [0.1, 0.15) is 5.82 Å². The average molecular weight is 306 g/mol. The minimum absolute atomic E-state index is 0.0206. The summed E-state index contributed by atoms with van der Waals surface area (Å²) in [6, 6.07) is 6.24. The third-order valence-electron chi connectivity index (χ3n) is 4.65. The fourth-order valence-electron chi connectivity index (χ4n) is 3.13. The van der Waals surface area contributed by atoms with E-state index >= 15 is 0 Å². The highest BCUT2D eigenvalue weighted by Crippen LogP contribution is 2.22. The van der Waals surface area contributed by atoms with Gasteiger partial charge in [-0.1, -0.05) is 19.1 Å². The Morgan fingerprint density at radius 1 is 1.27 bits per heavy atom. The molecule has 1 aromatic rings. The molecule has 0 saturated carbocycles. The minimum Gasteiger partial charge on any atom is -0.354 e. The molecule has 1 amide bonds. The molecule has 0 aliphatic carbocycles. The van der Waals surface area contributed by atoms with Gasteiger partial charge in [-0.2, -0.15) is 0 Å². The molecule has 0 bridgehead atoms. The van der Waals surface area contributed by atoms with E-state index in [1.54, 1.807) is 12.1 Å². The molecule has 0 radical (unpaired) electrons. The number of likely N-dealkylation sites (tertiary alicyclic amines) is 1. The standard InChI is InChI=1S/C18H27FN2O/c1-4-16(14-7-9-15(19)10-8-14)17(22)20-13-18(2,3)21-11-5-6-12-21/h7-10,16H,4-6,11-13H2,1-3H3,(H,20,22). The van der Waals surface area contributed by atoms with Crippen LogP contribution in [0.3, 0.4) is 0 Å². The maximum absolute atomic E-state index is 13.0. The highest BCUT2D eigenvalue weighted by molar-refractivity contribution is 5.83. The number of hydrogen-bond donors (Lipinski definition) is 1. The molecule has 1 heterocycles. The van der Waals surface area contributed by atoms with Crippen molar-refractivity contribution in [2.45, 2.75) is 51.5 Å². The Kier molecular flexibility index (Phi) is 5.57. The fraction of sp³-hybridized carbons (Fsp3) is 0.611. The highest BCUT2D eigenvalue weighted by Gasteiger charge is 2.30. The number of hydrogen-bond acceptors (Lipinski definition) is 2. The van der Waals surface area contributed by atoms with Crippen LogP contribution in [-0.4, -0.2) is 36.0 Å². The van der Waals surface area contributed by atoms with Gasteiger partial charge in [-0.15, -0.1) is 0 Å². The lowest BCUT2D eigenvalue weighted by Crippen LogP contribution is -2.51. The van der Waals surface area contributed by atoms with Crippen molar-refractivity contribution < 1.29 is 9.18 Å². The summed E-state index contributed by atoms with van der Waals surface area (Å²) >= 11 is 0. The lowest BCUT2D eigenvalue weighted by molar-refractivity contribution is -0.123. The number of rotatable bonds is 6. The number of nitrogens with zero attached hydrogens (tertiary/aromatic N) is 1. The van der Waals surface area contributed by atoms with Crippen molar-refractivity contribution in [3.05, 3.63) is 35.6 Å². The van der Waals surface area contributed by atoms with E-state index in [4.69, 9.17) is 0 Å². The molecule has 122 valence electrons. The van der Waals surface area contributed by atoms with Gasteiger partial charge in [-0.05, 0) is 63.9 Å². The summed E-state index contributed by atoms with van der Waals surface area (Å²) in [4.78, 5) is 14.9. The van der Waals surface area contributed by atoms with E-state index < -0.39 is 0 Å². The molecule has 4 heteroatoms. The second kappa shape index (κ2) is 7.23. The summed E-state index contributed by atoms with van der Waals surface area (Å²) < 4.78 is 13.0. The molecule has 22 heavy (non-hydrogen) atoms. The average Bonchev–Trinajstić information content (AvgIpc) is 3.03. The van der Waals surface area contributed by atoms with Gasteiger partial charge in [-0.25, -0.2) is 4.39 Å². The van der Waals surface area contributed by atoms with Crippen LogP contribution in [0.25, 0.3) is 0 Å². The Morgan fingerprint density at radius 2 is 1.86 bits per heavy atom. The van der Waals surface area contributed by atoms with E-state index in [9.17, 15) is 9.18 Å². The topological polar surface area (TPSA) is 32.3 Å². The van der Waals surface area contributed by atoms with Gasteiger partial charge in [0.05, 0.1) is 5.92 Å². The smallest absolute Gasteiger partial charge is 0.227 e. The van der Waals surface area contributed by atoms with Gasteiger partial charge in [0.15, 0.2) is 0 Å². The monoisotopic (exact) mass is 306 g/mol. The first kappa shape index (κ1) is 16.9. The molecule has 3 nitrogen and oxygen atoms in total. The number of amides is 1. The van der Waals surface area contributed by atoms with Crippen LogP contribution in [-0.2, 0) is 4.79 Å². The summed E-state index contributed by atoms with van der Waals surface area (Å²) in [6.07, 6.45) is 3.19. The van der Waals surface area contributed by atoms with Gasteiger partial charge in [0.2, 0.25) is 5.91 Å². The second-order valence-corrected chi connectivity index (χ2v) is 6.74. The number of nitrogens with one attached hydrogen (secondary N) is 1. The fourth-order valence-corrected chi connectivity index (χ4v) is 3.13.